The van der Waals surface area contributed by atoms with Crippen LogP contribution in [0.1, 0.15) is 0 Å². The maximum Gasteiger partial charge on any atom is 0.573 e. The second kappa shape index (κ2) is 8.06. The Kier molecular flexibility index (Phi) is 5.77. The largest absolute Gasteiger partial charge is 0.573 e. The molecule has 8 nitrogen and oxygen atoms in total. The zero-order valence-electron chi connectivity index (χ0n) is 13.8. The number of halogens is 3. The first kappa shape index (κ1) is 19.3. The fraction of sp³-hybridized carbons (Fsp3) is 0.400. The number of anilines is 1. The molecule has 0 spiro atoms. The van der Waals surface area contributed by atoms with Gasteiger partial charge in [0, 0.05) is 12.6 Å². The first-order valence-corrected chi connectivity index (χ1v) is 8.67. The number of amides is 2. The smallest absolute Gasteiger partial charge is 0.406 e. The Bertz CT molecular complexity index is 836. The molecular weight excluding hydrogens is 389 g/mol. The lowest BCUT2D eigenvalue weighted by atomic mass is 10.2. The maximum absolute atomic E-state index is 12.3. The summed E-state index contributed by atoms with van der Waals surface area (Å²) >= 11 is 0.993. The molecule has 3 rings (SSSR count). The lowest BCUT2D eigenvalue weighted by molar-refractivity contribution is -0.274. The van der Waals surface area contributed by atoms with E-state index in [9.17, 15) is 22.8 Å². The second-order valence-electron chi connectivity index (χ2n) is 5.54. The van der Waals surface area contributed by atoms with Gasteiger partial charge in [0.2, 0.25) is 11.8 Å². The monoisotopic (exact) mass is 404 g/mol. The van der Waals surface area contributed by atoms with Crippen molar-refractivity contribution >= 4 is 38.5 Å². The van der Waals surface area contributed by atoms with Gasteiger partial charge in [0.05, 0.1) is 30.0 Å². The summed E-state index contributed by atoms with van der Waals surface area (Å²) in [6.45, 7) is 1.04. The van der Waals surface area contributed by atoms with Crippen LogP contribution < -0.4 is 20.7 Å². The number of alkyl halides is 3. The van der Waals surface area contributed by atoms with Crippen molar-refractivity contribution in [1.29, 1.82) is 0 Å². The predicted molar refractivity (Wildman–Crippen MR) is 90.6 cm³/mol. The van der Waals surface area contributed by atoms with E-state index >= 15 is 0 Å². The van der Waals surface area contributed by atoms with E-state index in [1.165, 1.54) is 12.1 Å². The van der Waals surface area contributed by atoms with Gasteiger partial charge in [-0.3, -0.25) is 9.59 Å². The summed E-state index contributed by atoms with van der Waals surface area (Å²) in [5, 5.41) is 8.14. The molecule has 2 amide bonds. The number of aromatic nitrogens is 1. The van der Waals surface area contributed by atoms with Crippen LogP contribution in [-0.2, 0) is 14.3 Å². The number of fused-ring (bicyclic) bond motifs is 1. The Morgan fingerprint density at radius 1 is 1.41 bits per heavy atom. The van der Waals surface area contributed by atoms with Crippen molar-refractivity contribution in [2.24, 2.45) is 0 Å². The Hall–Kier alpha value is -2.44. The van der Waals surface area contributed by atoms with Crippen molar-refractivity contribution in [3.63, 3.8) is 0 Å². The normalized spacial score (nSPS) is 17.5. The summed E-state index contributed by atoms with van der Waals surface area (Å²) in [5.41, 5.74) is 0.414. The summed E-state index contributed by atoms with van der Waals surface area (Å²) in [5.74, 6) is -1.24. The molecule has 3 N–H and O–H groups in total. The molecule has 0 radical (unpaired) electrons. The van der Waals surface area contributed by atoms with Crippen LogP contribution in [0.15, 0.2) is 18.2 Å². The molecule has 2 aromatic rings. The van der Waals surface area contributed by atoms with Gasteiger partial charge in [-0.25, -0.2) is 4.98 Å². The second-order valence-corrected chi connectivity index (χ2v) is 6.57. The molecule has 1 aromatic heterocycles. The third-order valence-electron chi connectivity index (χ3n) is 3.50. The number of hydrogen-bond donors (Lipinski definition) is 3. The van der Waals surface area contributed by atoms with Crippen LogP contribution in [-0.4, -0.2) is 55.5 Å². The number of benzene rings is 1. The van der Waals surface area contributed by atoms with Crippen LogP contribution in [0.5, 0.6) is 5.75 Å². The van der Waals surface area contributed by atoms with E-state index in [1.807, 2.05) is 0 Å². The highest BCUT2D eigenvalue weighted by molar-refractivity contribution is 7.22. The van der Waals surface area contributed by atoms with Crippen molar-refractivity contribution in [3.05, 3.63) is 18.2 Å². The number of carbonyl (C=O) groups is 2. The van der Waals surface area contributed by atoms with Crippen LogP contribution in [0.3, 0.4) is 0 Å². The highest BCUT2D eigenvalue weighted by Gasteiger charge is 2.31. The van der Waals surface area contributed by atoms with Crippen molar-refractivity contribution < 1.29 is 32.2 Å². The third kappa shape index (κ3) is 5.52. The van der Waals surface area contributed by atoms with E-state index < -0.39 is 18.3 Å². The number of rotatable bonds is 5. The van der Waals surface area contributed by atoms with Crippen molar-refractivity contribution in [3.8, 4) is 5.75 Å². The van der Waals surface area contributed by atoms with Crippen LogP contribution >= 0.6 is 11.3 Å². The molecule has 1 aliphatic heterocycles. The van der Waals surface area contributed by atoms with Gasteiger partial charge in [-0.2, -0.15) is 0 Å². The Balaban J connectivity index is 1.55. The molecule has 0 bridgehead atoms. The number of thiazole rings is 1. The summed E-state index contributed by atoms with van der Waals surface area (Å²) in [6, 6.07) is 3.17. The van der Waals surface area contributed by atoms with Gasteiger partial charge in [-0.1, -0.05) is 11.3 Å². The molecule has 146 valence electrons. The van der Waals surface area contributed by atoms with Crippen LogP contribution in [0.2, 0.25) is 0 Å². The van der Waals surface area contributed by atoms with E-state index in [4.69, 9.17) is 4.74 Å². The molecule has 0 unspecified atom stereocenters. The van der Waals surface area contributed by atoms with E-state index in [2.05, 4.69) is 25.7 Å². The number of ether oxygens (including phenoxy) is 2. The third-order valence-corrected chi connectivity index (χ3v) is 4.43. The predicted octanol–water partition coefficient (Wildman–Crippen LogP) is 1.24. The van der Waals surface area contributed by atoms with Gasteiger partial charge in [0.1, 0.15) is 11.8 Å². The van der Waals surface area contributed by atoms with Gasteiger partial charge >= 0.3 is 6.36 Å². The summed E-state index contributed by atoms with van der Waals surface area (Å²) in [4.78, 5) is 28.0. The van der Waals surface area contributed by atoms with Gasteiger partial charge in [-0.15, -0.1) is 13.2 Å². The Labute approximate surface area is 155 Å². The number of nitrogens with one attached hydrogen (secondary N) is 3. The summed E-state index contributed by atoms with van der Waals surface area (Å²) in [7, 11) is 0. The lowest BCUT2D eigenvalue weighted by Crippen LogP contribution is -2.52. The Morgan fingerprint density at radius 2 is 2.22 bits per heavy atom. The summed E-state index contributed by atoms with van der Waals surface area (Å²) in [6.07, 6.45) is -4.79. The highest BCUT2D eigenvalue weighted by Crippen LogP contribution is 2.31. The molecule has 1 fully saturated rings. The molecule has 1 aromatic carbocycles. The average molecular weight is 404 g/mol. The average Bonchev–Trinajstić information content (AvgIpc) is 3.00. The Morgan fingerprint density at radius 3 is 2.93 bits per heavy atom. The molecule has 12 heteroatoms. The molecule has 0 aliphatic carbocycles. The minimum absolute atomic E-state index is 0.201. The lowest BCUT2D eigenvalue weighted by Gasteiger charge is -2.22. The number of nitrogens with zero attached hydrogens (tertiary/aromatic N) is 1. The topological polar surface area (TPSA) is 102 Å². The van der Waals surface area contributed by atoms with Gasteiger partial charge in [0.25, 0.3) is 0 Å². The molecule has 0 saturated carbocycles. The van der Waals surface area contributed by atoms with Gasteiger partial charge < -0.3 is 25.4 Å². The zero-order chi connectivity index (χ0) is 19.4. The summed E-state index contributed by atoms with van der Waals surface area (Å²) < 4.78 is 46.2. The van der Waals surface area contributed by atoms with Crippen molar-refractivity contribution in [2.75, 3.05) is 31.6 Å². The highest BCUT2D eigenvalue weighted by atomic mass is 32.1. The minimum atomic E-state index is -4.79. The van der Waals surface area contributed by atoms with E-state index in [-0.39, 0.29) is 29.9 Å². The molecule has 27 heavy (non-hydrogen) atoms. The fourth-order valence-corrected chi connectivity index (χ4v) is 3.25. The molecule has 1 aliphatic rings. The first-order valence-electron chi connectivity index (χ1n) is 7.85. The van der Waals surface area contributed by atoms with E-state index in [1.54, 1.807) is 0 Å². The van der Waals surface area contributed by atoms with Gasteiger partial charge in [0.15, 0.2) is 5.13 Å². The standard InChI is InChI=1S/C15H15F3N4O4S/c16-15(17,18)26-8-1-2-9-11(5-8)27-14(21-9)22-12(23)6-20-13(24)10-7-25-4-3-19-10/h1-2,5,10,19H,3-4,6-7H2,(H,20,24)(H,21,22,23)/t10-/m0/s1. The van der Waals surface area contributed by atoms with Crippen LogP contribution in [0, 0.1) is 0 Å². The first-order chi connectivity index (χ1) is 12.8. The number of morpholine rings is 1. The van der Waals surface area contributed by atoms with E-state index in [0.717, 1.165) is 17.4 Å². The fourth-order valence-electron chi connectivity index (χ4n) is 2.34. The van der Waals surface area contributed by atoms with Gasteiger partial charge in [-0.05, 0) is 12.1 Å². The SMILES string of the molecule is O=C(CNC(=O)[C@@H]1COCCN1)Nc1nc2ccc(OC(F)(F)F)cc2s1. The number of carbonyl (C=O) groups excluding carboxylic acids is 2. The van der Waals surface area contributed by atoms with Crippen molar-refractivity contribution in [1.82, 2.24) is 15.6 Å². The van der Waals surface area contributed by atoms with Crippen LogP contribution in [0.25, 0.3) is 10.2 Å². The molecular formula is C15H15F3N4O4S. The zero-order valence-corrected chi connectivity index (χ0v) is 14.6. The van der Waals surface area contributed by atoms with Crippen LogP contribution in [0.4, 0.5) is 18.3 Å². The molecule has 1 saturated heterocycles. The quantitative estimate of drug-likeness (QED) is 0.693. The minimum Gasteiger partial charge on any atom is -0.406 e. The van der Waals surface area contributed by atoms with E-state index in [0.29, 0.717) is 23.4 Å². The maximum atomic E-state index is 12.3. The molecule has 2 heterocycles. The molecule has 1 atom stereocenters. The van der Waals surface area contributed by atoms with Crippen molar-refractivity contribution in [2.45, 2.75) is 12.4 Å². The number of hydrogen-bond acceptors (Lipinski definition) is 7.